The third-order valence-electron chi connectivity index (χ3n) is 5.01. The molecule has 2 saturated heterocycles. The number of piperazine rings is 2. The molecule has 2 atom stereocenters. The van der Waals surface area contributed by atoms with Crippen molar-refractivity contribution >= 4 is 24.2 Å². The number of halogens is 1. The lowest BCUT2D eigenvalue weighted by Crippen LogP contribution is -2.52. The quantitative estimate of drug-likeness (QED) is 0.729. The van der Waals surface area contributed by atoms with E-state index < -0.39 is 0 Å². The maximum absolute atomic E-state index is 12.7. The van der Waals surface area contributed by atoms with Gasteiger partial charge in [-0.25, -0.2) is 0 Å². The van der Waals surface area contributed by atoms with Gasteiger partial charge in [0.2, 0.25) is 11.8 Å². The molecule has 22 heavy (non-hydrogen) atoms. The highest BCUT2D eigenvalue weighted by Gasteiger charge is 2.41. The lowest BCUT2D eigenvalue weighted by Gasteiger charge is -2.34. The maximum Gasteiger partial charge on any atom is 0.226 e. The van der Waals surface area contributed by atoms with E-state index in [-0.39, 0.29) is 36.1 Å². The van der Waals surface area contributed by atoms with Gasteiger partial charge in [0.15, 0.2) is 0 Å². The molecule has 3 aliphatic rings. The minimum absolute atomic E-state index is 0. The lowest BCUT2D eigenvalue weighted by atomic mass is 9.92. The van der Waals surface area contributed by atoms with E-state index in [1.54, 1.807) is 0 Å². The summed E-state index contributed by atoms with van der Waals surface area (Å²) in [6.07, 6.45) is 2.77. The van der Waals surface area contributed by atoms with Crippen LogP contribution in [0.5, 0.6) is 0 Å². The molecule has 7 heteroatoms. The zero-order valence-electron chi connectivity index (χ0n) is 13.1. The van der Waals surface area contributed by atoms with Crippen molar-refractivity contribution in [1.82, 2.24) is 20.4 Å². The van der Waals surface area contributed by atoms with Crippen molar-refractivity contribution in [2.45, 2.75) is 19.3 Å². The van der Waals surface area contributed by atoms with Gasteiger partial charge in [0.25, 0.3) is 0 Å². The molecule has 1 saturated carbocycles. The van der Waals surface area contributed by atoms with Crippen LogP contribution in [-0.2, 0) is 9.59 Å². The van der Waals surface area contributed by atoms with Crippen LogP contribution in [0.15, 0.2) is 0 Å². The van der Waals surface area contributed by atoms with Crippen molar-refractivity contribution in [1.29, 1.82) is 0 Å². The molecule has 2 amide bonds. The molecular formula is C15H27ClN4O2. The number of nitrogens with one attached hydrogen (secondary N) is 2. The van der Waals surface area contributed by atoms with Crippen LogP contribution < -0.4 is 10.6 Å². The van der Waals surface area contributed by atoms with Crippen molar-refractivity contribution < 1.29 is 9.59 Å². The van der Waals surface area contributed by atoms with E-state index >= 15 is 0 Å². The van der Waals surface area contributed by atoms with Crippen LogP contribution in [0.25, 0.3) is 0 Å². The van der Waals surface area contributed by atoms with Gasteiger partial charge in [0.1, 0.15) is 0 Å². The second-order valence-electron chi connectivity index (χ2n) is 6.29. The van der Waals surface area contributed by atoms with E-state index in [9.17, 15) is 9.59 Å². The molecule has 2 aliphatic heterocycles. The standard InChI is InChI=1S/C15H26N4O2.ClH/c20-14(18-8-4-16-5-9-18)12-2-1-3-13(12)15(21)19-10-6-17-7-11-19;/h12-13,16-17H,1-11H2;1H. The molecule has 0 aromatic heterocycles. The van der Waals surface area contributed by atoms with E-state index in [0.29, 0.717) is 0 Å². The van der Waals surface area contributed by atoms with Gasteiger partial charge in [-0.3, -0.25) is 9.59 Å². The third kappa shape index (κ3) is 3.73. The Morgan fingerprint density at radius 1 is 0.727 bits per heavy atom. The fraction of sp³-hybridized carbons (Fsp3) is 0.867. The molecule has 3 rings (SSSR count). The van der Waals surface area contributed by atoms with E-state index in [4.69, 9.17) is 0 Å². The van der Waals surface area contributed by atoms with Crippen LogP contribution in [0.2, 0.25) is 0 Å². The van der Waals surface area contributed by atoms with Gasteiger partial charge in [-0.15, -0.1) is 12.4 Å². The second-order valence-corrected chi connectivity index (χ2v) is 6.29. The molecule has 0 spiro atoms. The van der Waals surface area contributed by atoms with Crippen LogP contribution in [0.1, 0.15) is 19.3 Å². The van der Waals surface area contributed by atoms with Crippen LogP contribution in [0, 0.1) is 11.8 Å². The summed E-state index contributed by atoms with van der Waals surface area (Å²) >= 11 is 0. The molecule has 1 aliphatic carbocycles. The van der Waals surface area contributed by atoms with Crippen molar-refractivity contribution in [2.75, 3.05) is 52.4 Å². The SMILES string of the molecule is Cl.O=C(C1CCCC1C(=O)N1CCNCC1)N1CCNCC1. The van der Waals surface area contributed by atoms with Gasteiger partial charge in [-0.1, -0.05) is 6.42 Å². The zero-order chi connectivity index (χ0) is 14.7. The van der Waals surface area contributed by atoms with Gasteiger partial charge in [0, 0.05) is 64.2 Å². The molecule has 126 valence electrons. The highest BCUT2D eigenvalue weighted by Crippen LogP contribution is 2.34. The number of rotatable bonds is 2. The first-order valence-corrected chi connectivity index (χ1v) is 8.26. The van der Waals surface area contributed by atoms with Crippen molar-refractivity contribution in [3.63, 3.8) is 0 Å². The Labute approximate surface area is 138 Å². The summed E-state index contributed by atoms with van der Waals surface area (Å²) in [6.45, 7) is 6.61. The Balaban J connectivity index is 0.00000176. The van der Waals surface area contributed by atoms with Crippen molar-refractivity contribution in [2.24, 2.45) is 11.8 Å². The van der Waals surface area contributed by atoms with E-state index in [0.717, 1.165) is 71.6 Å². The number of amides is 2. The topological polar surface area (TPSA) is 64.7 Å². The van der Waals surface area contributed by atoms with Gasteiger partial charge >= 0.3 is 0 Å². The van der Waals surface area contributed by atoms with E-state index in [1.807, 2.05) is 9.80 Å². The van der Waals surface area contributed by atoms with Gasteiger partial charge in [-0.05, 0) is 12.8 Å². The molecule has 6 nitrogen and oxygen atoms in total. The first-order chi connectivity index (χ1) is 10.3. The summed E-state index contributed by atoms with van der Waals surface area (Å²) in [6, 6.07) is 0. The molecule has 2 N–H and O–H groups in total. The summed E-state index contributed by atoms with van der Waals surface area (Å²) in [5.74, 6) is 0.265. The third-order valence-corrected chi connectivity index (χ3v) is 5.01. The Morgan fingerprint density at radius 2 is 1.09 bits per heavy atom. The van der Waals surface area contributed by atoms with Gasteiger partial charge in [0.05, 0.1) is 0 Å². The van der Waals surface area contributed by atoms with E-state index in [2.05, 4.69) is 10.6 Å². The summed E-state index contributed by atoms with van der Waals surface area (Å²) in [4.78, 5) is 29.3. The molecule has 0 aromatic carbocycles. The van der Waals surface area contributed by atoms with Crippen molar-refractivity contribution in [3.8, 4) is 0 Å². The molecule has 0 radical (unpaired) electrons. The van der Waals surface area contributed by atoms with Gasteiger partial charge in [-0.2, -0.15) is 0 Å². The first kappa shape index (κ1) is 17.5. The molecule has 2 unspecified atom stereocenters. The molecule has 0 bridgehead atoms. The summed E-state index contributed by atoms with van der Waals surface area (Å²) in [5, 5.41) is 6.54. The fourth-order valence-electron chi connectivity index (χ4n) is 3.79. The molecule has 0 aromatic rings. The fourth-order valence-corrected chi connectivity index (χ4v) is 3.79. The monoisotopic (exact) mass is 330 g/mol. The second kappa shape index (κ2) is 8.13. The maximum atomic E-state index is 12.7. The highest BCUT2D eigenvalue weighted by atomic mass is 35.5. The van der Waals surface area contributed by atoms with E-state index in [1.165, 1.54) is 0 Å². The minimum atomic E-state index is -0.0783. The molecule has 3 fully saturated rings. The Bertz CT molecular complexity index is 359. The Morgan fingerprint density at radius 3 is 1.45 bits per heavy atom. The number of carbonyl (C=O) groups is 2. The minimum Gasteiger partial charge on any atom is -0.340 e. The lowest BCUT2D eigenvalue weighted by molar-refractivity contribution is -0.145. The first-order valence-electron chi connectivity index (χ1n) is 8.26. The van der Waals surface area contributed by atoms with Crippen LogP contribution >= 0.6 is 12.4 Å². The summed E-state index contributed by atoms with van der Waals surface area (Å²) in [7, 11) is 0. The summed E-state index contributed by atoms with van der Waals surface area (Å²) < 4.78 is 0. The summed E-state index contributed by atoms with van der Waals surface area (Å²) in [5.41, 5.74) is 0. The number of nitrogens with zero attached hydrogens (tertiary/aromatic N) is 2. The smallest absolute Gasteiger partial charge is 0.226 e. The van der Waals surface area contributed by atoms with Crippen LogP contribution in [0.3, 0.4) is 0 Å². The zero-order valence-corrected chi connectivity index (χ0v) is 13.9. The normalized spacial score (nSPS) is 29.1. The van der Waals surface area contributed by atoms with Crippen LogP contribution in [0.4, 0.5) is 0 Å². The largest absolute Gasteiger partial charge is 0.340 e. The molecule has 2 heterocycles. The highest BCUT2D eigenvalue weighted by molar-refractivity contribution is 5.88. The Kier molecular flexibility index (Phi) is 6.47. The predicted molar refractivity (Wildman–Crippen MR) is 87.0 cm³/mol. The number of hydrogen-bond acceptors (Lipinski definition) is 4. The number of hydrogen-bond donors (Lipinski definition) is 2. The average Bonchev–Trinajstić information content (AvgIpc) is 3.04. The van der Waals surface area contributed by atoms with Crippen molar-refractivity contribution in [3.05, 3.63) is 0 Å². The predicted octanol–water partition coefficient (Wildman–Crippen LogP) is -0.312. The average molecular weight is 331 g/mol. The van der Waals surface area contributed by atoms with Gasteiger partial charge < -0.3 is 20.4 Å². The van der Waals surface area contributed by atoms with Crippen LogP contribution in [-0.4, -0.2) is 74.0 Å². The number of carbonyl (C=O) groups excluding carboxylic acids is 2. The molecular weight excluding hydrogens is 304 g/mol. The Hall–Kier alpha value is -0.850.